The second-order valence-corrected chi connectivity index (χ2v) is 5.84. The Bertz CT molecular complexity index is 496. The van der Waals surface area contributed by atoms with Crippen molar-refractivity contribution in [2.24, 2.45) is 5.73 Å². The van der Waals surface area contributed by atoms with Crippen LogP contribution in [0.15, 0.2) is 34.1 Å². The highest BCUT2D eigenvalue weighted by Crippen LogP contribution is 2.29. The molecule has 0 bridgehead atoms. The molecule has 2 N–H and O–H groups in total. The normalized spacial score (nSPS) is 12.6. The van der Waals surface area contributed by atoms with E-state index in [9.17, 15) is 0 Å². The SMILES string of the molecule is CC(CCN)c1csc(-c2cccc(Br)c2)n1. The van der Waals surface area contributed by atoms with E-state index in [0.717, 1.165) is 27.2 Å². The molecule has 0 fully saturated rings. The minimum Gasteiger partial charge on any atom is -0.330 e. The number of nitrogens with two attached hydrogens (primary N) is 1. The van der Waals surface area contributed by atoms with Crippen molar-refractivity contribution >= 4 is 27.3 Å². The third-order valence-corrected chi connectivity index (χ3v) is 4.10. The maximum absolute atomic E-state index is 5.57. The van der Waals surface area contributed by atoms with Crippen LogP contribution in [0.3, 0.4) is 0 Å². The number of rotatable bonds is 4. The summed E-state index contributed by atoms with van der Waals surface area (Å²) in [6.45, 7) is 2.89. The molecule has 0 saturated heterocycles. The lowest BCUT2D eigenvalue weighted by Gasteiger charge is -2.05. The molecule has 1 unspecified atom stereocenters. The minimum absolute atomic E-state index is 0.442. The Morgan fingerprint density at radius 1 is 1.47 bits per heavy atom. The lowest BCUT2D eigenvalue weighted by molar-refractivity contribution is 0.675. The maximum atomic E-state index is 5.57. The van der Waals surface area contributed by atoms with Crippen LogP contribution in [0.4, 0.5) is 0 Å². The van der Waals surface area contributed by atoms with E-state index >= 15 is 0 Å². The predicted molar refractivity (Wildman–Crippen MR) is 77.3 cm³/mol. The molecule has 0 aliphatic carbocycles. The van der Waals surface area contributed by atoms with Crippen molar-refractivity contribution < 1.29 is 0 Å². The van der Waals surface area contributed by atoms with Crippen LogP contribution in [0.2, 0.25) is 0 Å². The molecule has 0 aliphatic heterocycles. The highest BCUT2D eigenvalue weighted by Gasteiger charge is 2.10. The summed E-state index contributed by atoms with van der Waals surface area (Å²) in [5, 5.41) is 3.21. The number of halogens is 1. The second kappa shape index (κ2) is 5.76. The Hall–Kier alpha value is -0.710. The predicted octanol–water partition coefficient (Wildman–Crippen LogP) is 4.02. The van der Waals surface area contributed by atoms with Crippen LogP contribution in [0.5, 0.6) is 0 Å². The van der Waals surface area contributed by atoms with E-state index in [2.05, 4.69) is 45.4 Å². The first kappa shape index (κ1) is 12.7. The molecule has 4 heteroatoms. The lowest BCUT2D eigenvalue weighted by Crippen LogP contribution is -2.04. The van der Waals surface area contributed by atoms with E-state index < -0.39 is 0 Å². The van der Waals surface area contributed by atoms with Gasteiger partial charge >= 0.3 is 0 Å². The third kappa shape index (κ3) is 3.15. The first-order valence-electron chi connectivity index (χ1n) is 5.62. The monoisotopic (exact) mass is 310 g/mol. The molecule has 1 aromatic heterocycles. The van der Waals surface area contributed by atoms with Crippen LogP contribution in [0.1, 0.15) is 25.0 Å². The fourth-order valence-electron chi connectivity index (χ4n) is 1.66. The van der Waals surface area contributed by atoms with Crippen LogP contribution in [0.25, 0.3) is 10.6 Å². The highest BCUT2D eigenvalue weighted by atomic mass is 79.9. The Balaban J connectivity index is 2.23. The Morgan fingerprint density at radius 3 is 3.00 bits per heavy atom. The summed E-state index contributed by atoms with van der Waals surface area (Å²) in [5.74, 6) is 0.442. The Labute approximate surface area is 114 Å². The van der Waals surface area contributed by atoms with Crippen molar-refractivity contribution in [2.45, 2.75) is 19.3 Å². The van der Waals surface area contributed by atoms with Crippen molar-refractivity contribution in [1.29, 1.82) is 0 Å². The number of nitrogens with zero attached hydrogens (tertiary/aromatic N) is 1. The fourth-order valence-corrected chi connectivity index (χ4v) is 3.00. The molecular formula is C13H15BrN2S. The van der Waals surface area contributed by atoms with Crippen LogP contribution < -0.4 is 5.73 Å². The van der Waals surface area contributed by atoms with Gasteiger partial charge in [-0.25, -0.2) is 4.98 Å². The molecule has 2 aromatic rings. The number of benzene rings is 1. The van der Waals surface area contributed by atoms with Gasteiger partial charge < -0.3 is 5.73 Å². The molecule has 1 aromatic carbocycles. The zero-order valence-electron chi connectivity index (χ0n) is 9.69. The molecule has 0 radical (unpaired) electrons. The number of hydrogen-bond acceptors (Lipinski definition) is 3. The molecule has 2 rings (SSSR count). The van der Waals surface area contributed by atoms with E-state index in [1.807, 2.05) is 12.1 Å². The molecule has 1 atom stereocenters. The van der Waals surface area contributed by atoms with E-state index in [-0.39, 0.29) is 0 Å². The van der Waals surface area contributed by atoms with Crippen molar-refractivity contribution in [3.63, 3.8) is 0 Å². The zero-order chi connectivity index (χ0) is 12.3. The molecule has 17 heavy (non-hydrogen) atoms. The van der Waals surface area contributed by atoms with Gasteiger partial charge in [0.05, 0.1) is 5.69 Å². The van der Waals surface area contributed by atoms with Crippen molar-refractivity contribution in [1.82, 2.24) is 4.98 Å². The fraction of sp³-hybridized carbons (Fsp3) is 0.308. The maximum Gasteiger partial charge on any atom is 0.123 e. The topological polar surface area (TPSA) is 38.9 Å². The largest absolute Gasteiger partial charge is 0.330 e. The molecule has 1 heterocycles. The Morgan fingerprint density at radius 2 is 2.29 bits per heavy atom. The molecule has 0 spiro atoms. The molecular weight excluding hydrogens is 296 g/mol. The van der Waals surface area contributed by atoms with Crippen LogP contribution in [-0.4, -0.2) is 11.5 Å². The highest BCUT2D eigenvalue weighted by molar-refractivity contribution is 9.10. The zero-order valence-corrected chi connectivity index (χ0v) is 12.1. The second-order valence-electron chi connectivity index (χ2n) is 4.07. The van der Waals surface area contributed by atoms with Crippen molar-refractivity contribution in [3.8, 4) is 10.6 Å². The summed E-state index contributed by atoms with van der Waals surface area (Å²) in [7, 11) is 0. The van der Waals surface area contributed by atoms with Gasteiger partial charge in [-0.15, -0.1) is 11.3 Å². The number of hydrogen-bond donors (Lipinski definition) is 1. The third-order valence-electron chi connectivity index (χ3n) is 2.70. The molecule has 2 nitrogen and oxygen atoms in total. The summed E-state index contributed by atoms with van der Waals surface area (Å²) >= 11 is 5.17. The van der Waals surface area contributed by atoms with Crippen molar-refractivity contribution in [2.75, 3.05) is 6.54 Å². The summed E-state index contributed by atoms with van der Waals surface area (Å²) in [4.78, 5) is 4.68. The van der Waals surface area contributed by atoms with Gasteiger partial charge in [0.1, 0.15) is 5.01 Å². The first-order valence-corrected chi connectivity index (χ1v) is 7.29. The average Bonchev–Trinajstić information content (AvgIpc) is 2.78. The molecule has 0 amide bonds. The molecule has 0 saturated carbocycles. The van der Waals surface area contributed by atoms with Crippen LogP contribution >= 0.6 is 27.3 Å². The summed E-state index contributed by atoms with van der Waals surface area (Å²) in [5.41, 5.74) is 7.89. The number of thiazole rings is 1. The van der Waals surface area contributed by atoms with E-state index in [4.69, 9.17) is 5.73 Å². The van der Waals surface area contributed by atoms with E-state index in [0.29, 0.717) is 12.5 Å². The number of aromatic nitrogens is 1. The summed E-state index contributed by atoms with van der Waals surface area (Å²) in [6, 6.07) is 8.23. The quantitative estimate of drug-likeness (QED) is 0.926. The van der Waals surface area contributed by atoms with Gasteiger partial charge in [0.25, 0.3) is 0 Å². The summed E-state index contributed by atoms with van der Waals surface area (Å²) in [6.07, 6.45) is 0.988. The van der Waals surface area contributed by atoms with Gasteiger partial charge in [0.15, 0.2) is 0 Å². The van der Waals surface area contributed by atoms with Gasteiger partial charge in [-0.05, 0) is 25.1 Å². The van der Waals surface area contributed by atoms with E-state index in [1.54, 1.807) is 11.3 Å². The lowest BCUT2D eigenvalue weighted by atomic mass is 10.1. The first-order chi connectivity index (χ1) is 8.20. The minimum atomic E-state index is 0.442. The van der Waals surface area contributed by atoms with Gasteiger partial charge in [-0.1, -0.05) is 35.0 Å². The molecule has 0 aliphatic rings. The van der Waals surface area contributed by atoms with Gasteiger partial charge in [-0.2, -0.15) is 0 Å². The van der Waals surface area contributed by atoms with Crippen LogP contribution in [-0.2, 0) is 0 Å². The van der Waals surface area contributed by atoms with E-state index in [1.165, 1.54) is 0 Å². The summed E-state index contributed by atoms with van der Waals surface area (Å²) < 4.78 is 1.08. The standard InChI is InChI=1S/C13H15BrN2S/c1-9(5-6-15)12-8-17-13(16-12)10-3-2-4-11(14)7-10/h2-4,7-9H,5-6,15H2,1H3. The van der Waals surface area contributed by atoms with Gasteiger partial charge in [0, 0.05) is 21.3 Å². The van der Waals surface area contributed by atoms with Crippen molar-refractivity contribution in [3.05, 3.63) is 39.8 Å². The van der Waals surface area contributed by atoms with Crippen LogP contribution in [0, 0.1) is 0 Å². The smallest absolute Gasteiger partial charge is 0.123 e. The Kier molecular flexibility index (Phi) is 4.31. The van der Waals surface area contributed by atoms with Gasteiger partial charge in [0.2, 0.25) is 0 Å². The molecule has 90 valence electrons. The average molecular weight is 311 g/mol. The van der Waals surface area contributed by atoms with Gasteiger partial charge in [-0.3, -0.25) is 0 Å².